The molecule has 0 amide bonds. The van der Waals surface area contributed by atoms with Crippen LogP contribution in [0, 0.1) is 5.82 Å². The number of hydrogen-bond donors (Lipinski definition) is 0. The van der Waals surface area contributed by atoms with E-state index in [4.69, 9.17) is 0 Å². The van der Waals surface area contributed by atoms with Crippen molar-refractivity contribution in [2.45, 2.75) is 16.2 Å². The smallest absolute Gasteiger partial charge is 0.168 e. The van der Waals surface area contributed by atoms with Gasteiger partial charge in [-0.2, -0.15) is 0 Å². The van der Waals surface area contributed by atoms with Crippen LogP contribution < -0.4 is 0 Å². The zero-order chi connectivity index (χ0) is 11.8. The topological polar surface area (TPSA) is 17.1 Å². The van der Waals surface area contributed by atoms with Crippen LogP contribution in [0.25, 0.3) is 0 Å². The van der Waals surface area contributed by atoms with Crippen molar-refractivity contribution in [2.75, 3.05) is 0 Å². The van der Waals surface area contributed by atoms with Crippen LogP contribution in [-0.2, 0) is 6.42 Å². The third-order valence-corrected chi connectivity index (χ3v) is 3.98. The molecule has 2 aromatic carbocycles. The van der Waals surface area contributed by atoms with Gasteiger partial charge in [-0.3, -0.25) is 4.79 Å². The minimum atomic E-state index is -0.358. The molecule has 0 atom stereocenters. The van der Waals surface area contributed by atoms with Gasteiger partial charge in [0.05, 0.1) is 0 Å². The number of ketones is 1. The van der Waals surface area contributed by atoms with Crippen LogP contribution in [-0.4, -0.2) is 5.78 Å². The van der Waals surface area contributed by atoms with E-state index in [2.05, 4.69) is 0 Å². The van der Waals surface area contributed by atoms with E-state index < -0.39 is 0 Å². The second kappa shape index (κ2) is 4.00. The Morgan fingerprint density at radius 2 is 1.88 bits per heavy atom. The SMILES string of the molecule is O=C1Cc2ccccc2Sc2ccc(F)cc21. The second-order valence-corrected chi connectivity index (χ2v) is 5.03. The number of rotatable bonds is 0. The molecule has 1 aliphatic heterocycles. The average Bonchev–Trinajstić information content (AvgIpc) is 2.46. The molecule has 84 valence electrons. The zero-order valence-corrected chi connectivity index (χ0v) is 9.76. The highest BCUT2D eigenvalue weighted by atomic mass is 32.2. The Balaban J connectivity index is 2.17. The minimum absolute atomic E-state index is 0.0167. The Bertz CT molecular complexity index is 607. The van der Waals surface area contributed by atoms with Gasteiger partial charge in [-0.25, -0.2) is 4.39 Å². The fourth-order valence-electron chi connectivity index (χ4n) is 1.95. The minimum Gasteiger partial charge on any atom is -0.294 e. The van der Waals surface area contributed by atoms with Crippen molar-refractivity contribution in [3.8, 4) is 0 Å². The molecule has 0 saturated heterocycles. The van der Waals surface area contributed by atoms with Crippen molar-refractivity contribution in [3.63, 3.8) is 0 Å². The number of carbonyl (C=O) groups excluding carboxylic acids is 1. The van der Waals surface area contributed by atoms with E-state index in [1.165, 1.54) is 23.9 Å². The van der Waals surface area contributed by atoms with Crippen molar-refractivity contribution in [3.05, 3.63) is 59.4 Å². The van der Waals surface area contributed by atoms with Crippen LogP contribution in [0.15, 0.2) is 52.3 Å². The molecule has 1 aliphatic rings. The van der Waals surface area contributed by atoms with Crippen LogP contribution in [0.3, 0.4) is 0 Å². The standard InChI is InChI=1S/C14H9FOS/c15-10-5-6-14-11(8-10)12(16)7-9-3-1-2-4-13(9)17-14/h1-6,8H,7H2. The lowest BCUT2D eigenvalue weighted by molar-refractivity contribution is 0.0989. The summed E-state index contributed by atoms with van der Waals surface area (Å²) in [4.78, 5) is 14.0. The van der Waals surface area contributed by atoms with Gasteiger partial charge in [0.2, 0.25) is 0 Å². The maximum Gasteiger partial charge on any atom is 0.168 e. The first kappa shape index (κ1) is 10.5. The molecule has 0 N–H and O–H groups in total. The lowest BCUT2D eigenvalue weighted by atomic mass is 10.0. The Labute approximate surface area is 103 Å². The predicted molar refractivity (Wildman–Crippen MR) is 65.0 cm³/mol. The van der Waals surface area contributed by atoms with Gasteiger partial charge in [-0.05, 0) is 29.8 Å². The molecule has 1 nitrogen and oxygen atoms in total. The van der Waals surface area contributed by atoms with E-state index in [-0.39, 0.29) is 11.6 Å². The molecule has 3 heteroatoms. The van der Waals surface area contributed by atoms with E-state index >= 15 is 0 Å². The molecular weight excluding hydrogens is 235 g/mol. The third kappa shape index (κ3) is 1.87. The average molecular weight is 244 g/mol. The summed E-state index contributed by atoms with van der Waals surface area (Å²) in [6.07, 6.45) is 0.347. The van der Waals surface area contributed by atoms with Crippen LogP contribution in [0.5, 0.6) is 0 Å². The molecule has 0 unspecified atom stereocenters. The van der Waals surface area contributed by atoms with Crippen molar-refractivity contribution in [1.82, 2.24) is 0 Å². The number of carbonyl (C=O) groups is 1. The molecule has 2 aromatic rings. The quantitative estimate of drug-likeness (QED) is 0.702. The summed E-state index contributed by atoms with van der Waals surface area (Å²) in [5, 5.41) is 0. The van der Waals surface area contributed by atoms with Crippen molar-refractivity contribution in [2.24, 2.45) is 0 Å². The summed E-state index contributed by atoms with van der Waals surface area (Å²) in [5.41, 5.74) is 1.50. The maximum atomic E-state index is 13.2. The molecule has 1 heterocycles. The van der Waals surface area contributed by atoms with E-state index in [1.54, 1.807) is 6.07 Å². The number of halogens is 1. The number of fused-ring (bicyclic) bond motifs is 2. The van der Waals surface area contributed by atoms with E-state index in [0.717, 1.165) is 15.4 Å². The number of hydrogen-bond acceptors (Lipinski definition) is 2. The van der Waals surface area contributed by atoms with Crippen LogP contribution in [0.4, 0.5) is 4.39 Å². The molecule has 0 aromatic heterocycles. The molecular formula is C14H9FOS. The van der Waals surface area contributed by atoms with Gasteiger partial charge in [-0.1, -0.05) is 30.0 Å². The summed E-state index contributed by atoms with van der Waals surface area (Å²) in [6.45, 7) is 0. The molecule has 3 rings (SSSR count). The predicted octanol–water partition coefficient (Wildman–Crippen LogP) is 3.72. The largest absolute Gasteiger partial charge is 0.294 e. The molecule has 0 radical (unpaired) electrons. The van der Waals surface area contributed by atoms with Gasteiger partial charge < -0.3 is 0 Å². The highest BCUT2D eigenvalue weighted by Gasteiger charge is 2.20. The Morgan fingerprint density at radius 1 is 1.06 bits per heavy atom. The lowest BCUT2D eigenvalue weighted by Crippen LogP contribution is -2.03. The first-order chi connectivity index (χ1) is 8.24. The van der Waals surface area contributed by atoms with Crippen molar-refractivity contribution in [1.29, 1.82) is 0 Å². The summed E-state index contributed by atoms with van der Waals surface area (Å²) in [5.74, 6) is -0.374. The van der Waals surface area contributed by atoms with Gasteiger partial charge in [0.15, 0.2) is 5.78 Å². The van der Waals surface area contributed by atoms with Crippen LogP contribution in [0.2, 0.25) is 0 Å². The van der Waals surface area contributed by atoms with Crippen molar-refractivity contribution >= 4 is 17.5 Å². The molecule has 0 spiro atoms. The third-order valence-electron chi connectivity index (χ3n) is 2.79. The fourth-order valence-corrected chi connectivity index (χ4v) is 3.02. The normalized spacial score (nSPS) is 13.8. The van der Waals surface area contributed by atoms with E-state index in [1.807, 2.05) is 24.3 Å². The zero-order valence-electron chi connectivity index (χ0n) is 8.94. The van der Waals surface area contributed by atoms with Gasteiger partial charge >= 0.3 is 0 Å². The van der Waals surface area contributed by atoms with Gasteiger partial charge in [0.25, 0.3) is 0 Å². The molecule has 0 aliphatic carbocycles. The highest BCUT2D eigenvalue weighted by Crippen LogP contribution is 2.36. The maximum absolute atomic E-state index is 13.2. The monoisotopic (exact) mass is 244 g/mol. The second-order valence-electron chi connectivity index (χ2n) is 3.95. The molecule has 0 saturated carbocycles. The first-order valence-corrected chi connectivity index (χ1v) is 6.14. The van der Waals surface area contributed by atoms with E-state index in [9.17, 15) is 9.18 Å². The fraction of sp³-hybridized carbons (Fsp3) is 0.0714. The van der Waals surface area contributed by atoms with Crippen LogP contribution in [0.1, 0.15) is 15.9 Å². The summed E-state index contributed by atoms with van der Waals surface area (Å²) < 4.78 is 13.2. The summed E-state index contributed by atoms with van der Waals surface area (Å²) in [7, 11) is 0. The first-order valence-electron chi connectivity index (χ1n) is 5.32. The highest BCUT2D eigenvalue weighted by molar-refractivity contribution is 7.99. The summed E-state index contributed by atoms with van der Waals surface area (Å²) >= 11 is 1.53. The van der Waals surface area contributed by atoms with Gasteiger partial charge in [0, 0.05) is 21.8 Å². The van der Waals surface area contributed by atoms with E-state index in [0.29, 0.717) is 12.0 Å². The van der Waals surface area contributed by atoms with Gasteiger partial charge in [-0.15, -0.1) is 0 Å². The van der Waals surface area contributed by atoms with Crippen molar-refractivity contribution < 1.29 is 9.18 Å². The van der Waals surface area contributed by atoms with Gasteiger partial charge in [0.1, 0.15) is 5.82 Å². The molecule has 17 heavy (non-hydrogen) atoms. The lowest BCUT2D eigenvalue weighted by Gasteiger charge is -2.03. The van der Waals surface area contributed by atoms with Crippen LogP contribution >= 0.6 is 11.8 Å². The number of Topliss-reactive ketones (excluding diaryl/α,β-unsaturated/α-hetero) is 1. The molecule has 0 bridgehead atoms. The Kier molecular flexibility index (Phi) is 2.48. The summed E-state index contributed by atoms with van der Waals surface area (Å²) in [6, 6.07) is 12.2. The number of benzene rings is 2. The Hall–Kier alpha value is -1.61. The Morgan fingerprint density at radius 3 is 2.76 bits per heavy atom. The molecule has 0 fully saturated rings.